The van der Waals surface area contributed by atoms with Crippen LogP contribution in [0.5, 0.6) is 11.5 Å². The molecule has 0 fully saturated rings. The van der Waals surface area contributed by atoms with Gasteiger partial charge in [-0.15, -0.1) is 0 Å². The van der Waals surface area contributed by atoms with E-state index in [-0.39, 0.29) is 25.2 Å². The Morgan fingerprint density at radius 1 is 1.16 bits per heavy atom. The van der Waals surface area contributed by atoms with Gasteiger partial charge in [0.1, 0.15) is 0 Å². The van der Waals surface area contributed by atoms with Gasteiger partial charge in [-0.1, -0.05) is 12.1 Å². The number of rotatable bonds is 5. The monoisotopic (exact) mass is 445 g/mol. The van der Waals surface area contributed by atoms with Crippen LogP contribution < -0.4 is 14.8 Å². The predicted octanol–water partition coefficient (Wildman–Crippen LogP) is 4.66. The molecule has 32 heavy (non-hydrogen) atoms. The Balaban J connectivity index is 1.50. The number of benzene rings is 2. The van der Waals surface area contributed by atoms with Crippen molar-refractivity contribution in [2.24, 2.45) is 0 Å². The molecule has 0 aliphatic carbocycles. The Labute approximate surface area is 183 Å². The molecule has 2 heterocycles. The molecule has 1 atom stereocenters. The Morgan fingerprint density at radius 3 is 2.66 bits per heavy atom. The smallest absolute Gasteiger partial charge is 0.416 e. The summed E-state index contributed by atoms with van der Waals surface area (Å²) in [5.74, 6) is 1.09. The molecule has 1 aliphatic heterocycles. The molecule has 1 amide bonds. The summed E-state index contributed by atoms with van der Waals surface area (Å²) in [6, 6.07) is 10.2. The number of ether oxygens (including phenoxy) is 2. The molecular formula is C23H22F3N3O3. The highest BCUT2D eigenvalue weighted by Crippen LogP contribution is 2.34. The van der Waals surface area contributed by atoms with Crippen LogP contribution in [0.4, 0.5) is 13.2 Å². The van der Waals surface area contributed by atoms with Gasteiger partial charge in [0.2, 0.25) is 12.7 Å². The van der Waals surface area contributed by atoms with Crippen LogP contribution in [0.2, 0.25) is 0 Å². The van der Waals surface area contributed by atoms with E-state index < -0.39 is 11.7 Å². The first-order valence-corrected chi connectivity index (χ1v) is 10.0. The van der Waals surface area contributed by atoms with Crippen LogP contribution in [-0.4, -0.2) is 22.5 Å². The number of alkyl halides is 3. The number of carbonyl (C=O) groups is 1. The fourth-order valence-corrected chi connectivity index (χ4v) is 3.72. The van der Waals surface area contributed by atoms with E-state index in [1.807, 2.05) is 19.1 Å². The summed E-state index contributed by atoms with van der Waals surface area (Å²) in [7, 11) is 0. The molecule has 0 radical (unpaired) electrons. The summed E-state index contributed by atoms with van der Waals surface area (Å²) in [6.07, 6.45) is -4.38. The summed E-state index contributed by atoms with van der Waals surface area (Å²) in [6.45, 7) is 5.51. The van der Waals surface area contributed by atoms with Gasteiger partial charge in [0, 0.05) is 11.3 Å². The molecular weight excluding hydrogens is 423 g/mol. The van der Waals surface area contributed by atoms with Crippen LogP contribution >= 0.6 is 0 Å². The molecule has 1 unspecified atom stereocenters. The summed E-state index contributed by atoms with van der Waals surface area (Å²) in [5.41, 5.74) is 2.30. The maximum Gasteiger partial charge on any atom is 0.416 e. The minimum Gasteiger partial charge on any atom is -0.454 e. The lowest BCUT2D eigenvalue weighted by atomic mass is 10.1. The Morgan fingerprint density at radius 2 is 1.91 bits per heavy atom. The molecule has 0 bridgehead atoms. The van der Waals surface area contributed by atoms with Crippen molar-refractivity contribution in [3.63, 3.8) is 0 Å². The molecule has 3 aromatic rings. The third-order valence-electron chi connectivity index (χ3n) is 5.47. The van der Waals surface area contributed by atoms with Crippen molar-refractivity contribution in [3.05, 3.63) is 70.5 Å². The average Bonchev–Trinajstić information content (AvgIpc) is 3.32. The lowest BCUT2D eigenvalue weighted by molar-refractivity contribution is -0.137. The van der Waals surface area contributed by atoms with Crippen molar-refractivity contribution in [3.8, 4) is 17.2 Å². The molecule has 168 valence electrons. The quantitative estimate of drug-likeness (QED) is 0.621. The number of amides is 1. The highest BCUT2D eigenvalue weighted by Gasteiger charge is 2.31. The maximum atomic E-state index is 13.1. The first kappa shape index (κ1) is 21.7. The van der Waals surface area contributed by atoms with Crippen molar-refractivity contribution in [2.45, 2.75) is 39.4 Å². The van der Waals surface area contributed by atoms with Gasteiger partial charge in [0.25, 0.3) is 0 Å². The molecule has 0 saturated heterocycles. The minimum absolute atomic E-state index is 0.0610. The summed E-state index contributed by atoms with van der Waals surface area (Å²) < 4.78 is 51.4. The predicted molar refractivity (Wildman–Crippen MR) is 111 cm³/mol. The molecule has 1 aromatic heterocycles. The zero-order chi connectivity index (χ0) is 23.0. The second-order valence-corrected chi connectivity index (χ2v) is 7.69. The van der Waals surface area contributed by atoms with Crippen molar-refractivity contribution < 1.29 is 27.4 Å². The number of aryl methyl sites for hydroxylation is 1. The van der Waals surface area contributed by atoms with E-state index >= 15 is 0 Å². The molecule has 1 N–H and O–H groups in total. The molecule has 0 spiro atoms. The minimum atomic E-state index is -4.44. The van der Waals surface area contributed by atoms with Gasteiger partial charge >= 0.3 is 6.18 Å². The fourth-order valence-electron chi connectivity index (χ4n) is 3.72. The van der Waals surface area contributed by atoms with Gasteiger partial charge in [0.05, 0.1) is 29.4 Å². The van der Waals surface area contributed by atoms with Crippen molar-refractivity contribution in [1.82, 2.24) is 15.1 Å². The number of hydrogen-bond acceptors (Lipinski definition) is 4. The van der Waals surface area contributed by atoms with Crippen molar-refractivity contribution in [2.75, 3.05) is 6.79 Å². The highest BCUT2D eigenvalue weighted by atomic mass is 19.4. The molecule has 1 aliphatic rings. The second kappa shape index (κ2) is 8.22. The number of halogens is 3. The van der Waals surface area contributed by atoms with Crippen LogP contribution in [0.3, 0.4) is 0 Å². The van der Waals surface area contributed by atoms with E-state index in [0.29, 0.717) is 34.1 Å². The number of fused-ring (bicyclic) bond motifs is 1. The lowest BCUT2D eigenvalue weighted by Gasteiger charge is -2.15. The first-order chi connectivity index (χ1) is 15.1. The van der Waals surface area contributed by atoms with E-state index in [9.17, 15) is 18.0 Å². The van der Waals surface area contributed by atoms with Crippen LogP contribution in [0, 0.1) is 13.8 Å². The van der Waals surface area contributed by atoms with Gasteiger partial charge in [-0.3, -0.25) is 4.79 Å². The summed E-state index contributed by atoms with van der Waals surface area (Å²) in [5, 5.41) is 7.32. The number of nitrogens with zero attached hydrogens (tertiary/aromatic N) is 2. The Bertz CT molecular complexity index is 1170. The van der Waals surface area contributed by atoms with Crippen LogP contribution in [0.25, 0.3) is 5.69 Å². The van der Waals surface area contributed by atoms with Gasteiger partial charge < -0.3 is 14.8 Å². The van der Waals surface area contributed by atoms with E-state index in [1.54, 1.807) is 26.0 Å². The van der Waals surface area contributed by atoms with Gasteiger partial charge in [-0.2, -0.15) is 18.3 Å². The molecule has 0 saturated carbocycles. The highest BCUT2D eigenvalue weighted by molar-refractivity contribution is 5.79. The molecule has 6 nitrogen and oxygen atoms in total. The molecule has 2 aromatic carbocycles. The average molecular weight is 445 g/mol. The van der Waals surface area contributed by atoms with E-state index in [2.05, 4.69) is 10.4 Å². The summed E-state index contributed by atoms with van der Waals surface area (Å²) in [4.78, 5) is 12.7. The van der Waals surface area contributed by atoms with Gasteiger partial charge in [-0.25, -0.2) is 4.68 Å². The number of carbonyl (C=O) groups excluding carboxylic acids is 1. The van der Waals surface area contributed by atoms with Crippen LogP contribution in [0.1, 0.15) is 41.0 Å². The lowest BCUT2D eigenvalue weighted by Crippen LogP contribution is -2.28. The SMILES string of the molecule is Cc1nn(-c2cccc(C(F)(F)F)c2)c(C)c1CC(=O)NC(C)c1ccc2c(c1)OCO2. The zero-order valence-electron chi connectivity index (χ0n) is 17.8. The zero-order valence-corrected chi connectivity index (χ0v) is 17.8. The van der Waals surface area contributed by atoms with Crippen LogP contribution in [-0.2, 0) is 17.4 Å². The van der Waals surface area contributed by atoms with Crippen LogP contribution in [0.15, 0.2) is 42.5 Å². The van der Waals surface area contributed by atoms with Crippen molar-refractivity contribution in [1.29, 1.82) is 0 Å². The number of nitrogens with one attached hydrogen (secondary N) is 1. The Hall–Kier alpha value is -3.49. The topological polar surface area (TPSA) is 65.4 Å². The largest absolute Gasteiger partial charge is 0.454 e. The van der Waals surface area contributed by atoms with E-state index in [1.165, 1.54) is 10.7 Å². The number of hydrogen-bond donors (Lipinski definition) is 1. The second-order valence-electron chi connectivity index (χ2n) is 7.69. The third kappa shape index (κ3) is 4.28. The van der Waals surface area contributed by atoms with Crippen molar-refractivity contribution >= 4 is 5.91 Å². The maximum absolute atomic E-state index is 13.1. The standard InChI is InChI=1S/C23H22F3N3O3/c1-13(16-7-8-20-21(9-16)32-12-31-20)27-22(30)11-19-14(2)28-29(15(19)3)18-6-4-5-17(10-18)23(24,25)26/h4-10,13H,11-12H2,1-3H3,(H,27,30). The number of aromatic nitrogens is 2. The third-order valence-corrected chi connectivity index (χ3v) is 5.47. The molecule has 9 heteroatoms. The van der Waals surface area contributed by atoms with Gasteiger partial charge in [0.15, 0.2) is 11.5 Å². The molecule has 4 rings (SSSR count). The fraction of sp³-hybridized carbons (Fsp3) is 0.304. The van der Waals surface area contributed by atoms with E-state index in [0.717, 1.165) is 17.7 Å². The first-order valence-electron chi connectivity index (χ1n) is 10.0. The summed E-state index contributed by atoms with van der Waals surface area (Å²) >= 11 is 0. The normalized spacial score (nSPS) is 13.8. The van der Waals surface area contributed by atoms with E-state index in [4.69, 9.17) is 9.47 Å². The Kier molecular flexibility index (Phi) is 5.58. The van der Waals surface area contributed by atoms with Gasteiger partial charge in [-0.05, 0) is 56.7 Å².